The molecule has 2 saturated carbocycles. The van der Waals surface area contributed by atoms with Gasteiger partial charge in [0.05, 0.1) is 6.61 Å². The highest BCUT2D eigenvalue weighted by Crippen LogP contribution is 2.45. The fourth-order valence-electron chi connectivity index (χ4n) is 3.23. The molecule has 3 unspecified atom stereocenters. The Morgan fingerprint density at radius 3 is 3.06 bits per heavy atom. The van der Waals surface area contributed by atoms with E-state index < -0.39 is 0 Å². The average molecular weight is 233 g/mol. The van der Waals surface area contributed by atoms with E-state index in [-0.39, 0.29) is 0 Å². The Morgan fingerprint density at radius 2 is 2.35 bits per heavy atom. The van der Waals surface area contributed by atoms with Crippen molar-refractivity contribution in [1.82, 2.24) is 9.97 Å². The maximum absolute atomic E-state index is 5.38. The van der Waals surface area contributed by atoms with Gasteiger partial charge in [0.1, 0.15) is 0 Å². The van der Waals surface area contributed by atoms with Gasteiger partial charge in [0.15, 0.2) is 0 Å². The van der Waals surface area contributed by atoms with Gasteiger partial charge in [-0.05, 0) is 38.0 Å². The maximum Gasteiger partial charge on any atom is 0.226 e. The number of ether oxygens (including phenoxy) is 1. The molecule has 1 aromatic heterocycles. The molecule has 2 aliphatic rings. The second-order valence-corrected chi connectivity index (χ2v) is 5.08. The third kappa shape index (κ3) is 2.21. The van der Waals surface area contributed by atoms with Gasteiger partial charge in [-0.3, -0.25) is 0 Å². The van der Waals surface area contributed by atoms with Crippen molar-refractivity contribution >= 4 is 5.95 Å². The van der Waals surface area contributed by atoms with Crippen molar-refractivity contribution in [2.45, 2.75) is 38.6 Å². The zero-order valence-electron chi connectivity index (χ0n) is 10.2. The fraction of sp³-hybridized carbons (Fsp3) is 0.692. The highest BCUT2D eigenvalue weighted by molar-refractivity contribution is 5.30. The molecule has 4 nitrogen and oxygen atoms in total. The number of hydrogen-bond donors (Lipinski definition) is 1. The van der Waals surface area contributed by atoms with Crippen LogP contribution in [0.3, 0.4) is 0 Å². The van der Waals surface area contributed by atoms with Crippen LogP contribution in [0.4, 0.5) is 5.95 Å². The summed E-state index contributed by atoms with van der Waals surface area (Å²) in [4.78, 5) is 8.63. The Bertz CT molecular complexity index is 396. The van der Waals surface area contributed by atoms with Crippen molar-refractivity contribution in [3.05, 3.63) is 12.3 Å². The number of nitrogens with zero attached hydrogens (tertiary/aromatic N) is 2. The second kappa shape index (κ2) is 4.51. The Kier molecular flexibility index (Phi) is 2.87. The molecule has 17 heavy (non-hydrogen) atoms. The van der Waals surface area contributed by atoms with E-state index in [9.17, 15) is 0 Å². The molecule has 92 valence electrons. The summed E-state index contributed by atoms with van der Waals surface area (Å²) in [5.74, 6) is 3.15. The topological polar surface area (TPSA) is 47.0 Å². The largest absolute Gasteiger partial charge is 0.478 e. The minimum atomic E-state index is 0.575. The van der Waals surface area contributed by atoms with Crippen LogP contribution in [0.15, 0.2) is 12.3 Å². The lowest BCUT2D eigenvalue weighted by Gasteiger charge is -2.22. The van der Waals surface area contributed by atoms with E-state index in [0.29, 0.717) is 24.5 Å². The van der Waals surface area contributed by atoms with Crippen LogP contribution in [-0.2, 0) is 0 Å². The Labute approximate surface area is 102 Å². The van der Waals surface area contributed by atoms with Crippen molar-refractivity contribution < 1.29 is 4.74 Å². The normalized spacial score (nSPS) is 30.5. The van der Waals surface area contributed by atoms with E-state index in [1.165, 1.54) is 25.7 Å². The average Bonchev–Trinajstić information content (AvgIpc) is 2.92. The number of nitrogens with one attached hydrogen (secondary N) is 1. The summed E-state index contributed by atoms with van der Waals surface area (Å²) in [6, 6.07) is 2.38. The number of rotatable bonds is 4. The number of anilines is 1. The van der Waals surface area contributed by atoms with E-state index in [4.69, 9.17) is 4.74 Å². The lowest BCUT2D eigenvalue weighted by atomic mass is 9.95. The molecule has 1 aromatic rings. The minimum absolute atomic E-state index is 0.575. The summed E-state index contributed by atoms with van der Waals surface area (Å²) < 4.78 is 5.38. The van der Waals surface area contributed by atoms with Gasteiger partial charge in [-0.1, -0.05) is 6.42 Å². The SMILES string of the molecule is CCOc1ccnc(NC2CC3CCC2C3)n1. The molecule has 4 heteroatoms. The molecule has 0 aromatic carbocycles. The van der Waals surface area contributed by atoms with Crippen LogP contribution in [0.5, 0.6) is 5.88 Å². The molecule has 1 heterocycles. The summed E-state index contributed by atoms with van der Waals surface area (Å²) in [6.07, 6.45) is 7.22. The summed E-state index contributed by atoms with van der Waals surface area (Å²) in [5, 5.41) is 3.47. The van der Waals surface area contributed by atoms with Crippen LogP contribution in [0, 0.1) is 11.8 Å². The molecule has 0 radical (unpaired) electrons. The lowest BCUT2D eigenvalue weighted by molar-refractivity contribution is 0.326. The van der Waals surface area contributed by atoms with Crippen LogP contribution in [0.1, 0.15) is 32.6 Å². The van der Waals surface area contributed by atoms with Crippen LogP contribution in [-0.4, -0.2) is 22.6 Å². The van der Waals surface area contributed by atoms with Crippen LogP contribution < -0.4 is 10.1 Å². The standard InChI is InChI=1S/C13H19N3O/c1-2-17-12-5-6-14-13(16-12)15-11-8-9-3-4-10(11)7-9/h5-6,9-11H,2-4,7-8H2,1H3,(H,14,15,16). The van der Waals surface area contributed by atoms with Crippen molar-refractivity contribution in [2.75, 3.05) is 11.9 Å². The molecule has 3 rings (SSSR count). The smallest absolute Gasteiger partial charge is 0.226 e. The summed E-state index contributed by atoms with van der Waals surface area (Å²) in [5.41, 5.74) is 0. The molecule has 3 atom stereocenters. The third-order valence-electron chi connectivity index (χ3n) is 3.97. The third-order valence-corrected chi connectivity index (χ3v) is 3.97. The van der Waals surface area contributed by atoms with Crippen molar-refractivity contribution in [3.63, 3.8) is 0 Å². The molecule has 0 aliphatic heterocycles. The number of fused-ring (bicyclic) bond motifs is 2. The Morgan fingerprint density at radius 1 is 1.41 bits per heavy atom. The van der Waals surface area contributed by atoms with Crippen molar-refractivity contribution in [2.24, 2.45) is 11.8 Å². The molecule has 0 amide bonds. The van der Waals surface area contributed by atoms with E-state index in [1.54, 1.807) is 12.3 Å². The Balaban J connectivity index is 1.66. The quantitative estimate of drug-likeness (QED) is 0.868. The van der Waals surface area contributed by atoms with E-state index >= 15 is 0 Å². The zero-order chi connectivity index (χ0) is 11.7. The van der Waals surface area contributed by atoms with Gasteiger partial charge in [0, 0.05) is 18.3 Å². The predicted molar refractivity (Wildman–Crippen MR) is 66.1 cm³/mol. The van der Waals surface area contributed by atoms with Crippen LogP contribution in [0.2, 0.25) is 0 Å². The molecule has 2 bridgehead atoms. The van der Waals surface area contributed by atoms with Crippen LogP contribution >= 0.6 is 0 Å². The molecule has 2 fully saturated rings. The monoisotopic (exact) mass is 233 g/mol. The zero-order valence-corrected chi connectivity index (χ0v) is 10.2. The highest BCUT2D eigenvalue weighted by atomic mass is 16.5. The van der Waals surface area contributed by atoms with Gasteiger partial charge in [0.25, 0.3) is 0 Å². The minimum Gasteiger partial charge on any atom is -0.478 e. The maximum atomic E-state index is 5.38. The first kappa shape index (κ1) is 10.8. The van der Waals surface area contributed by atoms with Gasteiger partial charge < -0.3 is 10.1 Å². The number of hydrogen-bond acceptors (Lipinski definition) is 4. The molecule has 1 N–H and O–H groups in total. The molecule has 0 spiro atoms. The first-order valence-electron chi connectivity index (χ1n) is 6.57. The second-order valence-electron chi connectivity index (χ2n) is 5.08. The van der Waals surface area contributed by atoms with E-state index in [0.717, 1.165) is 11.8 Å². The molecular formula is C13H19N3O. The van der Waals surface area contributed by atoms with Gasteiger partial charge in [-0.25, -0.2) is 4.98 Å². The number of aromatic nitrogens is 2. The fourth-order valence-corrected chi connectivity index (χ4v) is 3.23. The van der Waals surface area contributed by atoms with Crippen molar-refractivity contribution in [3.8, 4) is 5.88 Å². The van der Waals surface area contributed by atoms with E-state index in [1.807, 2.05) is 6.92 Å². The summed E-state index contributed by atoms with van der Waals surface area (Å²) >= 11 is 0. The van der Waals surface area contributed by atoms with Crippen molar-refractivity contribution in [1.29, 1.82) is 0 Å². The van der Waals surface area contributed by atoms with E-state index in [2.05, 4.69) is 15.3 Å². The Hall–Kier alpha value is -1.32. The van der Waals surface area contributed by atoms with Gasteiger partial charge >= 0.3 is 0 Å². The molecule has 2 aliphatic carbocycles. The first-order chi connectivity index (χ1) is 8.35. The lowest BCUT2D eigenvalue weighted by Crippen LogP contribution is -2.26. The summed E-state index contributed by atoms with van der Waals surface area (Å²) in [6.45, 7) is 2.61. The summed E-state index contributed by atoms with van der Waals surface area (Å²) in [7, 11) is 0. The molecular weight excluding hydrogens is 214 g/mol. The predicted octanol–water partition coefficient (Wildman–Crippen LogP) is 2.48. The van der Waals surface area contributed by atoms with Gasteiger partial charge in [0.2, 0.25) is 11.8 Å². The highest BCUT2D eigenvalue weighted by Gasteiger charge is 2.39. The van der Waals surface area contributed by atoms with Gasteiger partial charge in [-0.15, -0.1) is 0 Å². The van der Waals surface area contributed by atoms with Crippen LogP contribution in [0.25, 0.3) is 0 Å². The molecule has 0 saturated heterocycles. The van der Waals surface area contributed by atoms with Gasteiger partial charge in [-0.2, -0.15) is 4.98 Å². The first-order valence-corrected chi connectivity index (χ1v) is 6.57.